The molecule has 2 aromatic heterocycles. The number of ether oxygens (including phenoxy) is 1. The van der Waals surface area contributed by atoms with Crippen LogP contribution >= 0.6 is 0 Å². The number of likely N-dealkylation sites (N-methyl/N-ethyl adjacent to an activating group) is 1. The molecule has 51 heavy (non-hydrogen) atoms. The van der Waals surface area contributed by atoms with E-state index in [1.54, 1.807) is 11.0 Å². The van der Waals surface area contributed by atoms with Crippen LogP contribution in [0.2, 0.25) is 0 Å². The number of nitrogen functional groups attached to an aromatic ring is 2. The van der Waals surface area contributed by atoms with Gasteiger partial charge in [-0.3, -0.25) is 8.74 Å². The molecule has 4 aromatic rings. The molecule has 0 bridgehead atoms. The van der Waals surface area contributed by atoms with Gasteiger partial charge in [-0.05, 0) is 42.3 Å². The number of rotatable bonds is 14. The third-order valence-electron chi connectivity index (χ3n) is 7.36. The molecule has 0 unspecified atom stereocenters. The Morgan fingerprint density at radius 1 is 0.882 bits per heavy atom. The molecule has 20 nitrogen and oxygen atoms in total. The second kappa shape index (κ2) is 15.7. The molecule has 1 aliphatic heterocycles. The van der Waals surface area contributed by atoms with E-state index in [-0.39, 0.29) is 70.3 Å². The molecule has 5 rings (SSSR count). The van der Waals surface area contributed by atoms with Crippen molar-refractivity contribution in [1.29, 1.82) is 0 Å². The predicted octanol–water partition coefficient (Wildman–Crippen LogP) is 1.12. The van der Waals surface area contributed by atoms with Crippen LogP contribution in [-0.2, 0) is 29.2 Å². The van der Waals surface area contributed by atoms with Gasteiger partial charge in [0.15, 0.2) is 0 Å². The van der Waals surface area contributed by atoms with Crippen LogP contribution in [0.3, 0.4) is 0 Å². The van der Waals surface area contributed by atoms with Crippen LogP contribution in [0, 0.1) is 0 Å². The number of aliphatic hydroxyl groups excluding tert-OH is 1. The Morgan fingerprint density at radius 2 is 1.45 bits per heavy atom. The van der Waals surface area contributed by atoms with Crippen molar-refractivity contribution in [3.8, 4) is 0 Å². The maximum Gasteiger partial charge on any atom is 0.297 e. The minimum Gasteiger partial charge on any atom is -0.395 e. The summed E-state index contributed by atoms with van der Waals surface area (Å²) in [5.41, 5.74) is 12.4. The molecule has 22 heteroatoms. The van der Waals surface area contributed by atoms with Crippen molar-refractivity contribution in [3.05, 3.63) is 47.5 Å². The van der Waals surface area contributed by atoms with E-state index in [1.165, 1.54) is 36.4 Å². The van der Waals surface area contributed by atoms with E-state index in [0.717, 1.165) is 13.2 Å². The molecular formula is C29H36N12O8S2. The molecule has 1 aliphatic rings. The summed E-state index contributed by atoms with van der Waals surface area (Å²) in [6.07, 6.45) is 2.67. The summed E-state index contributed by atoms with van der Waals surface area (Å²) in [4.78, 5) is 27.9. The maximum absolute atomic E-state index is 13.0. The lowest BCUT2D eigenvalue weighted by atomic mass is 10.1. The van der Waals surface area contributed by atoms with Crippen molar-refractivity contribution >= 4 is 79.5 Å². The van der Waals surface area contributed by atoms with Crippen molar-refractivity contribution < 1.29 is 35.4 Å². The van der Waals surface area contributed by atoms with Crippen molar-refractivity contribution in [3.63, 3.8) is 0 Å². The summed E-state index contributed by atoms with van der Waals surface area (Å²) < 4.78 is 71.2. The monoisotopic (exact) mass is 744 g/mol. The van der Waals surface area contributed by atoms with Crippen LogP contribution in [0.15, 0.2) is 46.2 Å². The Morgan fingerprint density at radius 3 is 2.02 bits per heavy atom. The van der Waals surface area contributed by atoms with E-state index in [0.29, 0.717) is 38.8 Å². The number of benzene rings is 2. The van der Waals surface area contributed by atoms with Crippen LogP contribution in [0.5, 0.6) is 0 Å². The first kappa shape index (κ1) is 37.0. The average molecular weight is 745 g/mol. The van der Waals surface area contributed by atoms with Gasteiger partial charge in [-0.1, -0.05) is 24.3 Å². The SMILES string of the molecule is CCN(CCO)c1nc(N)nc(Nc2ccc(/C=C/c3ccc(Nc4nc(N)nc(N5CCOCC5)n4)cc3S(=O)(=O)OC)c(S(=O)(=O)O)c2)n1. The first-order valence-corrected chi connectivity index (χ1v) is 18.1. The number of aromatic nitrogens is 6. The first-order chi connectivity index (χ1) is 24.3. The fourth-order valence-electron chi connectivity index (χ4n) is 4.91. The van der Waals surface area contributed by atoms with Gasteiger partial charge < -0.3 is 41.7 Å². The van der Waals surface area contributed by atoms with Gasteiger partial charge in [0.1, 0.15) is 9.79 Å². The van der Waals surface area contributed by atoms with Crippen molar-refractivity contribution in [2.75, 3.05) is 85.0 Å². The van der Waals surface area contributed by atoms with Crippen molar-refractivity contribution in [1.82, 2.24) is 29.9 Å². The molecule has 8 N–H and O–H groups in total. The van der Waals surface area contributed by atoms with Gasteiger partial charge in [0, 0.05) is 37.6 Å². The van der Waals surface area contributed by atoms with Gasteiger partial charge in [0.05, 0.1) is 26.9 Å². The Bertz CT molecular complexity index is 2130. The van der Waals surface area contributed by atoms with Crippen molar-refractivity contribution in [2.24, 2.45) is 0 Å². The summed E-state index contributed by atoms with van der Waals surface area (Å²) in [7, 11) is -8.09. The van der Waals surface area contributed by atoms with E-state index in [4.69, 9.17) is 20.4 Å². The zero-order valence-corrected chi connectivity index (χ0v) is 29.1. The molecule has 0 amide bonds. The van der Waals surface area contributed by atoms with Crippen LogP contribution < -0.4 is 31.9 Å². The van der Waals surface area contributed by atoms with Crippen LogP contribution in [0.25, 0.3) is 12.2 Å². The van der Waals surface area contributed by atoms with E-state index >= 15 is 0 Å². The highest BCUT2D eigenvalue weighted by molar-refractivity contribution is 7.87. The highest BCUT2D eigenvalue weighted by atomic mass is 32.2. The molecule has 0 radical (unpaired) electrons. The average Bonchev–Trinajstić information content (AvgIpc) is 3.09. The maximum atomic E-state index is 13.0. The predicted molar refractivity (Wildman–Crippen MR) is 189 cm³/mol. The number of nitrogens with two attached hydrogens (primary N) is 2. The standard InChI is InChI=1S/C29H36N12O8S2/c1-3-40(10-13-42)28-36-24(30)34-26(38-28)32-20-8-6-18(22(16-20)50(43,44)45)4-5-19-7-9-21(17-23(19)51(46,47)48-2)33-27-35-25(31)37-29(39-27)41-11-14-49-15-12-41/h4-9,16-17,42H,3,10-15H2,1-2H3,(H,43,44,45)(H3,30,32,34,36,38)(H3,31,33,35,37,39)/b5-4+. The smallest absolute Gasteiger partial charge is 0.297 e. The highest BCUT2D eigenvalue weighted by Crippen LogP contribution is 2.29. The molecule has 2 aromatic carbocycles. The fourth-order valence-corrected chi connectivity index (χ4v) is 6.49. The van der Waals surface area contributed by atoms with E-state index < -0.39 is 25.1 Å². The van der Waals surface area contributed by atoms with Gasteiger partial charge in [-0.15, -0.1) is 0 Å². The minimum atomic E-state index is -4.79. The Hall–Kier alpha value is -5.26. The molecule has 272 valence electrons. The Kier molecular flexibility index (Phi) is 11.4. The number of morpholine rings is 1. The summed E-state index contributed by atoms with van der Waals surface area (Å²) in [6, 6.07) is 8.32. The normalized spacial score (nSPS) is 13.8. The summed E-state index contributed by atoms with van der Waals surface area (Å²) in [6.45, 7) is 4.49. The minimum absolute atomic E-state index is 0.0150. The quantitative estimate of drug-likeness (QED) is 0.0599. The summed E-state index contributed by atoms with van der Waals surface area (Å²) in [5.74, 6) is 0.414. The molecule has 0 aliphatic carbocycles. The fraction of sp³-hybridized carbons (Fsp3) is 0.310. The summed E-state index contributed by atoms with van der Waals surface area (Å²) >= 11 is 0. The van der Waals surface area contributed by atoms with Gasteiger partial charge in [0.2, 0.25) is 35.7 Å². The number of nitrogens with one attached hydrogen (secondary N) is 2. The van der Waals surface area contributed by atoms with Crippen LogP contribution in [0.4, 0.5) is 47.1 Å². The van der Waals surface area contributed by atoms with Crippen LogP contribution in [-0.4, -0.2) is 110 Å². The highest BCUT2D eigenvalue weighted by Gasteiger charge is 2.21. The Labute approximate surface area is 293 Å². The van der Waals surface area contributed by atoms with E-state index in [2.05, 4.69) is 40.5 Å². The van der Waals surface area contributed by atoms with Crippen LogP contribution in [0.1, 0.15) is 18.1 Å². The molecule has 3 heterocycles. The lowest BCUT2D eigenvalue weighted by Crippen LogP contribution is -2.37. The lowest BCUT2D eigenvalue weighted by Gasteiger charge is -2.26. The third kappa shape index (κ3) is 9.30. The topological polar surface area (TPSA) is 287 Å². The second-order valence-electron chi connectivity index (χ2n) is 10.7. The number of anilines is 8. The van der Waals surface area contributed by atoms with Gasteiger partial charge in [-0.25, -0.2) is 0 Å². The lowest BCUT2D eigenvalue weighted by molar-refractivity contribution is 0.122. The summed E-state index contributed by atoms with van der Waals surface area (Å²) in [5, 5.41) is 15.1. The number of hydrogen-bond acceptors (Lipinski definition) is 19. The second-order valence-corrected chi connectivity index (χ2v) is 13.8. The Balaban J connectivity index is 1.44. The third-order valence-corrected chi connectivity index (χ3v) is 9.60. The van der Waals surface area contributed by atoms with Gasteiger partial charge in [-0.2, -0.15) is 46.7 Å². The molecular weight excluding hydrogens is 709 g/mol. The zero-order chi connectivity index (χ0) is 36.8. The number of nitrogens with zero attached hydrogens (tertiary/aromatic N) is 8. The molecule has 1 fully saturated rings. The zero-order valence-electron chi connectivity index (χ0n) is 27.5. The van der Waals surface area contributed by atoms with Gasteiger partial charge in [0.25, 0.3) is 20.2 Å². The van der Waals surface area contributed by atoms with E-state index in [1.807, 2.05) is 11.8 Å². The molecule has 0 spiro atoms. The number of aliphatic hydroxyl groups is 1. The first-order valence-electron chi connectivity index (χ1n) is 15.3. The van der Waals surface area contributed by atoms with Crippen molar-refractivity contribution in [2.45, 2.75) is 16.7 Å². The molecule has 0 saturated carbocycles. The largest absolute Gasteiger partial charge is 0.395 e. The molecule has 1 saturated heterocycles. The molecule has 0 atom stereocenters. The van der Waals surface area contributed by atoms with Gasteiger partial charge >= 0.3 is 0 Å². The number of hydrogen-bond donors (Lipinski definition) is 6. The van der Waals surface area contributed by atoms with E-state index in [9.17, 15) is 26.5 Å².